The molecule has 1 aliphatic rings. The fourth-order valence-corrected chi connectivity index (χ4v) is 7.55. The molecule has 1 aromatic heterocycles. The number of hydrogen-bond donors (Lipinski definition) is 0. The molecular formula is C36H35ClN4O3S. The van der Waals surface area contributed by atoms with Gasteiger partial charge in [-0.15, -0.1) is 0 Å². The van der Waals surface area contributed by atoms with E-state index in [0.29, 0.717) is 24.5 Å². The number of nitrogens with zero attached hydrogens (tertiary/aromatic N) is 4. The summed E-state index contributed by atoms with van der Waals surface area (Å²) in [6.45, 7) is 3.03. The van der Waals surface area contributed by atoms with Gasteiger partial charge in [0.05, 0.1) is 23.1 Å². The Hall–Kier alpha value is -4.24. The summed E-state index contributed by atoms with van der Waals surface area (Å²) < 4.78 is 31.0. The number of benzene rings is 4. The van der Waals surface area contributed by atoms with Gasteiger partial charge in [0.15, 0.2) is 0 Å². The summed E-state index contributed by atoms with van der Waals surface area (Å²) in [4.78, 5) is 16.1. The maximum Gasteiger partial charge on any atom is 0.243 e. The first-order chi connectivity index (χ1) is 21.7. The van der Waals surface area contributed by atoms with Crippen LogP contribution in [0.4, 0.5) is 0 Å². The lowest BCUT2D eigenvalue weighted by Crippen LogP contribution is -2.41. The first kappa shape index (κ1) is 30.8. The van der Waals surface area contributed by atoms with E-state index >= 15 is 0 Å². The van der Waals surface area contributed by atoms with Gasteiger partial charge in [-0.3, -0.25) is 9.48 Å². The molecule has 6 rings (SSSR count). The minimum atomic E-state index is -3.83. The molecular weight excluding hydrogens is 604 g/mol. The van der Waals surface area contributed by atoms with Crippen LogP contribution in [0.2, 0.25) is 5.02 Å². The smallest absolute Gasteiger partial charge is 0.243 e. The third kappa shape index (κ3) is 6.73. The van der Waals surface area contributed by atoms with E-state index in [9.17, 15) is 13.2 Å². The molecule has 2 heterocycles. The zero-order valence-electron chi connectivity index (χ0n) is 25.3. The van der Waals surface area contributed by atoms with Crippen molar-refractivity contribution in [2.24, 2.45) is 5.92 Å². The minimum absolute atomic E-state index is 0.0887. The molecule has 0 N–H and O–H groups in total. The molecule has 4 aromatic carbocycles. The number of aromatic nitrogens is 2. The van der Waals surface area contributed by atoms with Crippen molar-refractivity contribution in [1.82, 2.24) is 19.0 Å². The summed E-state index contributed by atoms with van der Waals surface area (Å²) in [5.41, 5.74) is 6.46. The Kier molecular flexibility index (Phi) is 8.90. The summed E-state index contributed by atoms with van der Waals surface area (Å²) in [5.74, 6) is -0.675. The van der Waals surface area contributed by atoms with Gasteiger partial charge in [0, 0.05) is 49.0 Å². The van der Waals surface area contributed by atoms with Crippen LogP contribution < -0.4 is 0 Å². The maximum absolute atomic E-state index is 14.2. The second-order valence-corrected chi connectivity index (χ2v) is 14.0. The third-order valence-electron chi connectivity index (χ3n) is 8.32. The average molecular weight is 639 g/mol. The van der Waals surface area contributed by atoms with Gasteiger partial charge in [-0.05, 0) is 48.2 Å². The number of carbonyl (C=O) groups excluding carboxylic acids is 1. The van der Waals surface area contributed by atoms with Gasteiger partial charge in [0.25, 0.3) is 0 Å². The second-order valence-electron chi connectivity index (χ2n) is 11.6. The van der Waals surface area contributed by atoms with Crippen LogP contribution >= 0.6 is 11.6 Å². The minimum Gasteiger partial charge on any atom is -0.341 e. The van der Waals surface area contributed by atoms with Gasteiger partial charge in [0.2, 0.25) is 15.9 Å². The lowest BCUT2D eigenvalue weighted by atomic mass is 9.96. The number of aryl methyl sites for hydroxylation is 1. The Morgan fingerprint density at radius 2 is 1.56 bits per heavy atom. The Labute approximate surface area is 269 Å². The number of sulfonamides is 1. The summed E-state index contributed by atoms with van der Waals surface area (Å²) in [6, 6.07) is 32.2. The zero-order chi connectivity index (χ0) is 31.6. The van der Waals surface area contributed by atoms with E-state index in [-0.39, 0.29) is 23.9 Å². The summed E-state index contributed by atoms with van der Waals surface area (Å²) >= 11 is 6.45. The van der Waals surface area contributed by atoms with Crippen molar-refractivity contribution in [3.05, 3.63) is 142 Å². The van der Waals surface area contributed by atoms with Crippen LogP contribution in [0.1, 0.15) is 27.8 Å². The van der Waals surface area contributed by atoms with Crippen LogP contribution in [-0.2, 0) is 40.9 Å². The molecule has 5 aromatic rings. The Morgan fingerprint density at radius 1 is 0.889 bits per heavy atom. The first-order valence-electron chi connectivity index (χ1n) is 14.9. The average Bonchev–Trinajstić information content (AvgIpc) is 3.32. The number of rotatable bonds is 8. The van der Waals surface area contributed by atoms with E-state index < -0.39 is 15.9 Å². The zero-order valence-corrected chi connectivity index (χ0v) is 26.9. The van der Waals surface area contributed by atoms with E-state index in [2.05, 4.69) is 0 Å². The van der Waals surface area contributed by atoms with Gasteiger partial charge in [-0.25, -0.2) is 8.42 Å². The number of hydrogen-bond acceptors (Lipinski definition) is 4. The molecule has 0 fully saturated rings. The monoisotopic (exact) mass is 638 g/mol. The number of amides is 1. The van der Waals surface area contributed by atoms with E-state index in [1.165, 1.54) is 4.31 Å². The van der Waals surface area contributed by atoms with E-state index in [1.54, 1.807) is 36.2 Å². The van der Waals surface area contributed by atoms with Crippen molar-refractivity contribution in [2.75, 3.05) is 13.6 Å². The predicted octanol–water partition coefficient (Wildman–Crippen LogP) is 6.58. The molecule has 0 saturated heterocycles. The topological polar surface area (TPSA) is 75.5 Å². The van der Waals surface area contributed by atoms with Crippen molar-refractivity contribution < 1.29 is 13.2 Å². The van der Waals surface area contributed by atoms with Gasteiger partial charge in [-0.2, -0.15) is 9.40 Å². The molecule has 9 heteroatoms. The standard InChI is InChI=1S/C36H35ClN4O3S/c1-26-16-18-33(19-17-26)45(43,44)41-24-29-13-7-6-12-28(29)20-31(25-41)36(42)39(2)21-32-23-40(22-30-14-8-9-15-34(30)37)38-35(32)27-10-4-3-5-11-27/h3-19,23,31H,20-22,24-25H2,1-2H3. The van der Waals surface area contributed by atoms with Gasteiger partial charge >= 0.3 is 0 Å². The van der Waals surface area contributed by atoms with Gasteiger partial charge in [-0.1, -0.05) is 102 Å². The summed E-state index contributed by atoms with van der Waals surface area (Å²) in [5, 5.41) is 5.57. The molecule has 0 aliphatic carbocycles. The van der Waals surface area contributed by atoms with Crippen LogP contribution in [0, 0.1) is 12.8 Å². The van der Waals surface area contributed by atoms with E-state index in [4.69, 9.17) is 16.7 Å². The fourth-order valence-electron chi connectivity index (χ4n) is 5.89. The fraction of sp³-hybridized carbons (Fsp3) is 0.222. The van der Waals surface area contributed by atoms with Crippen LogP contribution in [-0.4, -0.2) is 46.9 Å². The molecule has 0 spiro atoms. The number of carbonyl (C=O) groups is 1. The number of halogens is 1. The highest BCUT2D eigenvalue weighted by atomic mass is 35.5. The van der Waals surface area contributed by atoms with Crippen LogP contribution in [0.5, 0.6) is 0 Å². The quantitative estimate of drug-likeness (QED) is 0.192. The Morgan fingerprint density at radius 3 is 2.29 bits per heavy atom. The highest BCUT2D eigenvalue weighted by Crippen LogP contribution is 2.30. The van der Waals surface area contributed by atoms with E-state index in [1.807, 2.05) is 96.7 Å². The van der Waals surface area contributed by atoms with Crippen molar-refractivity contribution in [3.8, 4) is 11.3 Å². The summed E-state index contributed by atoms with van der Waals surface area (Å²) in [7, 11) is -2.05. The first-order valence-corrected chi connectivity index (χ1v) is 16.7. The van der Waals surface area contributed by atoms with Crippen LogP contribution in [0.3, 0.4) is 0 Å². The lowest BCUT2D eigenvalue weighted by molar-refractivity contribution is -0.134. The van der Waals surface area contributed by atoms with Crippen molar-refractivity contribution in [3.63, 3.8) is 0 Å². The molecule has 0 bridgehead atoms. The molecule has 7 nitrogen and oxygen atoms in total. The van der Waals surface area contributed by atoms with Crippen LogP contribution in [0.25, 0.3) is 11.3 Å². The second kappa shape index (κ2) is 13.0. The Balaban J connectivity index is 1.29. The van der Waals surface area contributed by atoms with E-state index in [0.717, 1.165) is 39.1 Å². The lowest BCUT2D eigenvalue weighted by Gasteiger charge is -2.27. The molecule has 230 valence electrons. The van der Waals surface area contributed by atoms with Crippen molar-refractivity contribution in [2.45, 2.75) is 37.9 Å². The highest BCUT2D eigenvalue weighted by molar-refractivity contribution is 7.89. The maximum atomic E-state index is 14.2. The normalized spacial score (nSPS) is 15.3. The molecule has 1 unspecified atom stereocenters. The van der Waals surface area contributed by atoms with Gasteiger partial charge in [0.1, 0.15) is 0 Å². The summed E-state index contributed by atoms with van der Waals surface area (Å²) in [6.07, 6.45) is 2.42. The van der Waals surface area contributed by atoms with Crippen LogP contribution in [0.15, 0.2) is 114 Å². The Bertz CT molecular complexity index is 1920. The third-order valence-corrected chi connectivity index (χ3v) is 10.5. The van der Waals surface area contributed by atoms with Crippen molar-refractivity contribution >= 4 is 27.5 Å². The molecule has 1 amide bonds. The molecule has 0 radical (unpaired) electrons. The van der Waals surface area contributed by atoms with Crippen molar-refractivity contribution in [1.29, 1.82) is 0 Å². The molecule has 1 atom stereocenters. The molecule has 0 saturated carbocycles. The molecule has 45 heavy (non-hydrogen) atoms. The molecule has 1 aliphatic heterocycles. The van der Waals surface area contributed by atoms with Gasteiger partial charge < -0.3 is 4.90 Å². The largest absolute Gasteiger partial charge is 0.341 e. The SMILES string of the molecule is Cc1ccc(S(=O)(=O)N2Cc3ccccc3CC(C(=O)N(C)Cc3cn(Cc4ccccc4Cl)nc3-c3ccccc3)C2)cc1. The predicted molar refractivity (Wildman–Crippen MR) is 177 cm³/mol. The number of fused-ring (bicyclic) bond motifs is 1. The highest BCUT2D eigenvalue weighted by Gasteiger charge is 2.35.